The number of rotatable bonds is 5. The van der Waals surface area contributed by atoms with E-state index in [1.807, 2.05) is 30.3 Å². The summed E-state index contributed by atoms with van der Waals surface area (Å²) in [5, 5.41) is 11.9. The maximum Gasteiger partial charge on any atom is 0.335 e. The van der Waals surface area contributed by atoms with Crippen LogP contribution in [0.1, 0.15) is 40.7 Å². The van der Waals surface area contributed by atoms with E-state index in [0.717, 1.165) is 30.4 Å². The van der Waals surface area contributed by atoms with E-state index in [1.165, 1.54) is 0 Å². The summed E-state index contributed by atoms with van der Waals surface area (Å²) < 4.78 is 0. The molecule has 3 rings (SSSR count). The second kappa shape index (κ2) is 6.24. The molecule has 0 aliphatic heterocycles. The Labute approximate surface area is 135 Å². The molecule has 0 unspecified atom stereocenters. The van der Waals surface area contributed by atoms with Crippen LogP contribution < -0.4 is 5.32 Å². The predicted octanol–water partition coefficient (Wildman–Crippen LogP) is 3.12. The standard InChI is InChI=1S/C19H19NO3/c21-17(22)15-9-7-14(8-10-15)13-20-18(23)19(11-4-12-19)16-5-2-1-3-6-16/h1-3,5-10H,4,11-13H2,(H,20,23)(H,21,22). The zero-order chi connectivity index (χ0) is 16.3. The molecule has 0 saturated heterocycles. The summed E-state index contributed by atoms with van der Waals surface area (Å²) in [5.41, 5.74) is 1.82. The van der Waals surface area contributed by atoms with Crippen LogP contribution in [0.2, 0.25) is 0 Å². The molecule has 0 aromatic heterocycles. The second-order valence-corrected chi connectivity index (χ2v) is 5.99. The minimum absolute atomic E-state index is 0.0530. The molecule has 118 valence electrons. The molecule has 1 aliphatic rings. The topological polar surface area (TPSA) is 66.4 Å². The lowest BCUT2D eigenvalue weighted by atomic mass is 9.64. The van der Waals surface area contributed by atoms with Gasteiger partial charge >= 0.3 is 5.97 Å². The minimum atomic E-state index is -0.946. The van der Waals surface area contributed by atoms with Crippen LogP contribution >= 0.6 is 0 Å². The number of hydrogen-bond acceptors (Lipinski definition) is 2. The minimum Gasteiger partial charge on any atom is -0.478 e. The lowest BCUT2D eigenvalue weighted by molar-refractivity contribution is -0.130. The fourth-order valence-corrected chi connectivity index (χ4v) is 3.05. The van der Waals surface area contributed by atoms with Crippen molar-refractivity contribution in [3.63, 3.8) is 0 Å². The van der Waals surface area contributed by atoms with Crippen molar-refractivity contribution in [2.24, 2.45) is 0 Å². The largest absolute Gasteiger partial charge is 0.478 e. The van der Waals surface area contributed by atoms with Crippen molar-refractivity contribution in [3.05, 3.63) is 71.3 Å². The van der Waals surface area contributed by atoms with Gasteiger partial charge in [0.15, 0.2) is 0 Å². The van der Waals surface area contributed by atoms with Gasteiger partial charge in [-0.2, -0.15) is 0 Å². The molecule has 0 spiro atoms. The van der Waals surface area contributed by atoms with E-state index in [0.29, 0.717) is 6.54 Å². The zero-order valence-corrected chi connectivity index (χ0v) is 12.8. The number of amides is 1. The zero-order valence-electron chi connectivity index (χ0n) is 12.8. The lowest BCUT2D eigenvalue weighted by Crippen LogP contribution is -2.48. The smallest absolute Gasteiger partial charge is 0.335 e. The molecule has 4 nitrogen and oxygen atoms in total. The molecular formula is C19H19NO3. The Morgan fingerprint density at radius 3 is 2.17 bits per heavy atom. The number of carboxylic acid groups (broad SMARTS) is 1. The van der Waals surface area contributed by atoms with Gasteiger partial charge in [0.25, 0.3) is 0 Å². The van der Waals surface area contributed by atoms with Crippen molar-refractivity contribution in [1.29, 1.82) is 0 Å². The molecule has 0 bridgehead atoms. The van der Waals surface area contributed by atoms with Crippen molar-refractivity contribution < 1.29 is 14.7 Å². The Morgan fingerprint density at radius 1 is 1.00 bits per heavy atom. The average molecular weight is 309 g/mol. The predicted molar refractivity (Wildman–Crippen MR) is 87.2 cm³/mol. The van der Waals surface area contributed by atoms with Crippen LogP contribution in [0, 0.1) is 0 Å². The third-order valence-corrected chi connectivity index (χ3v) is 4.62. The van der Waals surface area contributed by atoms with Crippen LogP contribution in [-0.4, -0.2) is 17.0 Å². The van der Waals surface area contributed by atoms with Gasteiger partial charge in [-0.1, -0.05) is 48.9 Å². The van der Waals surface area contributed by atoms with Crippen molar-refractivity contribution in [2.75, 3.05) is 0 Å². The van der Waals surface area contributed by atoms with E-state index in [1.54, 1.807) is 24.3 Å². The first kappa shape index (κ1) is 15.3. The Balaban J connectivity index is 1.68. The summed E-state index contributed by atoms with van der Waals surface area (Å²) in [6, 6.07) is 16.5. The molecule has 1 fully saturated rings. The van der Waals surface area contributed by atoms with Gasteiger partial charge in [-0.25, -0.2) is 4.79 Å². The molecule has 23 heavy (non-hydrogen) atoms. The van der Waals surface area contributed by atoms with E-state index in [-0.39, 0.29) is 11.5 Å². The first-order valence-electron chi connectivity index (χ1n) is 7.78. The number of nitrogens with one attached hydrogen (secondary N) is 1. The van der Waals surface area contributed by atoms with Gasteiger partial charge < -0.3 is 10.4 Å². The van der Waals surface area contributed by atoms with E-state index in [9.17, 15) is 9.59 Å². The van der Waals surface area contributed by atoms with Crippen LogP contribution in [0.15, 0.2) is 54.6 Å². The van der Waals surface area contributed by atoms with Gasteiger partial charge in [0.2, 0.25) is 5.91 Å². The summed E-state index contributed by atoms with van der Waals surface area (Å²) in [6.07, 6.45) is 2.82. The highest BCUT2D eigenvalue weighted by molar-refractivity contribution is 5.89. The number of carbonyl (C=O) groups is 2. The molecule has 2 N–H and O–H groups in total. The number of benzene rings is 2. The Hall–Kier alpha value is -2.62. The number of carbonyl (C=O) groups excluding carboxylic acids is 1. The third kappa shape index (κ3) is 2.97. The van der Waals surface area contributed by atoms with Crippen molar-refractivity contribution in [3.8, 4) is 0 Å². The Bertz CT molecular complexity index is 703. The summed E-state index contributed by atoms with van der Waals surface area (Å²) >= 11 is 0. The highest BCUT2D eigenvalue weighted by Gasteiger charge is 2.45. The van der Waals surface area contributed by atoms with Gasteiger partial charge in [0, 0.05) is 6.54 Å². The fourth-order valence-electron chi connectivity index (χ4n) is 3.05. The Morgan fingerprint density at radius 2 is 1.65 bits per heavy atom. The second-order valence-electron chi connectivity index (χ2n) is 5.99. The molecule has 2 aromatic rings. The molecule has 1 aliphatic carbocycles. The quantitative estimate of drug-likeness (QED) is 0.892. The fraction of sp³-hybridized carbons (Fsp3) is 0.263. The Kier molecular flexibility index (Phi) is 4.15. The van der Waals surface area contributed by atoms with E-state index in [2.05, 4.69) is 5.32 Å². The number of aromatic carboxylic acids is 1. The molecular weight excluding hydrogens is 290 g/mol. The summed E-state index contributed by atoms with van der Waals surface area (Å²) in [6.45, 7) is 0.410. The normalized spacial score (nSPS) is 15.5. The SMILES string of the molecule is O=C(O)c1ccc(CNC(=O)C2(c3ccccc3)CCC2)cc1. The van der Waals surface area contributed by atoms with Gasteiger partial charge in [0.1, 0.15) is 0 Å². The first-order valence-corrected chi connectivity index (χ1v) is 7.78. The van der Waals surface area contributed by atoms with Gasteiger partial charge in [-0.05, 0) is 36.1 Å². The van der Waals surface area contributed by atoms with Gasteiger partial charge in [0.05, 0.1) is 11.0 Å². The maximum atomic E-state index is 12.7. The molecule has 0 radical (unpaired) electrons. The average Bonchev–Trinajstić information content (AvgIpc) is 2.53. The molecule has 1 saturated carbocycles. The third-order valence-electron chi connectivity index (χ3n) is 4.62. The number of carboxylic acids is 1. The molecule has 2 aromatic carbocycles. The lowest BCUT2D eigenvalue weighted by Gasteiger charge is -2.40. The molecule has 4 heteroatoms. The van der Waals surface area contributed by atoms with Gasteiger partial charge in [-0.3, -0.25) is 4.79 Å². The van der Waals surface area contributed by atoms with Crippen LogP contribution in [0.5, 0.6) is 0 Å². The number of hydrogen-bond donors (Lipinski definition) is 2. The van der Waals surface area contributed by atoms with Crippen molar-refractivity contribution in [1.82, 2.24) is 5.32 Å². The van der Waals surface area contributed by atoms with E-state index < -0.39 is 11.4 Å². The summed E-state index contributed by atoms with van der Waals surface area (Å²) in [4.78, 5) is 23.5. The molecule has 0 heterocycles. The highest BCUT2D eigenvalue weighted by Crippen LogP contribution is 2.43. The van der Waals surface area contributed by atoms with E-state index >= 15 is 0 Å². The molecule has 0 atom stereocenters. The van der Waals surface area contributed by atoms with Crippen LogP contribution in [-0.2, 0) is 16.8 Å². The van der Waals surface area contributed by atoms with Gasteiger partial charge in [-0.15, -0.1) is 0 Å². The van der Waals surface area contributed by atoms with Crippen molar-refractivity contribution >= 4 is 11.9 Å². The summed E-state index contributed by atoms with van der Waals surface area (Å²) in [7, 11) is 0. The van der Waals surface area contributed by atoms with Crippen LogP contribution in [0.3, 0.4) is 0 Å². The van der Waals surface area contributed by atoms with Crippen LogP contribution in [0.4, 0.5) is 0 Å². The van der Waals surface area contributed by atoms with Crippen LogP contribution in [0.25, 0.3) is 0 Å². The summed E-state index contributed by atoms with van der Waals surface area (Å²) in [5.74, 6) is -0.893. The maximum absolute atomic E-state index is 12.7. The van der Waals surface area contributed by atoms with Crippen molar-refractivity contribution in [2.45, 2.75) is 31.2 Å². The first-order chi connectivity index (χ1) is 11.1. The van der Waals surface area contributed by atoms with E-state index in [4.69, 9.17) is 5.11 Å². The molecule has 1 amide bonds. The monoisotopic (exact) mass is 309 g/mol. The highest BCUT2D eigenvalue weighted by atomic mass is 16.4.